The number of methoxy groups -OCH3 is 3. The van der Waals surface area contributed by atoms with E-state index in [0.717, 1.165) is 27.8 Å². The minimum atomic E-state index is -0.509. The van der Waals surface area contributed by atoms with E-state index in [4.69, 9.17) is 14.2 Å². The molecule has 0 fully saturated rings. The lowest BCUT2D eigenvalue weighted by Gasteiger charge is -2.11. The first-order valence-electron chi connectivity index (χ1n) is 12.3. The van der Waals surface area contributed by atoms with Crippen LogP contribution in [0.4, 0.5) is 5.00 Å². The maximum absolute atomic E-state index is 13.0. The fraction of sp³-hybridized carbons (Fsp3) is 0.241. The molecule has 208 valence electrons. The van der Waals surface area contributed by atoms with Gasteiger partial charge < -0.3 is 19.5 Å². The molecule has 0 saturated carbocycles. The molecule has 0 atom stereocenters. The van der Waals surface area contributed by atoms with Gasteiger partial charge in [-0.3, -0.25) is 9.36 Å². The lowest BCUT2D eigenvalue weighted by atomic mass is 9.97. The van der Waals surface area contributed by atoms with Crippen molar-refractivity contribution in [3.05, 3.63) is 71.1 Å². The Balaban J connectivity index is 1.55. The summed E-state index contributed by atoms with van der Waals surface area (Å²) in [6, 6.07) is 11.5. The quantitative estimate of drug-likeness (QED) is 0.131. The van der Waals surface area contributed by atoms with Crippen LogP contribution in [-0.4, -0.2) is 53.7 Å². The van der Waals surface area contributed by atoms with Crippen molar-refractivity contribution in [1.82, 2.24) is 14.8 Å². The third kappa shape index (κ3) is 6.05. The van der Waals surface area contributed by atoms with Gasteiger partial charge in [0.15, 0.2) is 22.5 Å². The third-order valence-corrected chi connectivity index (χ3v) is 7.98. The number of carbonyl (C=O) groups is 2. The van der Waals surface area contributed by atoms with Gasteiger partial charge in [-0.2, -0.15) is 0 Å². The molecule has 0 unspecified atom stereocenters. The summed E-state index contributed by atoms with van der Waals surface area (Å²) >= 11 is 2.52. The number of aryl methyl sites for hydroxylation is 2. The molecular formula is C29H30N4O5S2. The minimum Gasteiger partial charge on any atom is -0.493 e. The highest BCUT2D eigenvalue weighted by molar-refractivity contribution is 7.99. The number of rotatable bonds is 11. The van der Waals surface area contributed by atoms with Crippen molar-refractivity contribution in [2.24, 2.45) is 0 Å². The van der Waals surface area contributed by atoms with E-state index in [1.807, 2.05) is 54.1 Å². The molecule has 0 spiro atoms. The van der Waals surface area contributed by atoms with E-state index >= 15 is 0 Å². The average molecular weight is 579 g/mol. The number of nitrogens with one attached hydrogen (secondary N) is 1. The molecule has 4 aromatic rings. The second kappa shape index (κ2) is 12.8. The topological polar surface area (TPSA) is 105 Å². The Kier molecular flexibility index (Phi) is 9.28. The molecule has 9 nitrogen and oxygen atoms in total. The average Bonchev–Trinajstić information content (AvgIpc) is 3.56. The Morgan fingerprint density at radius 1 is 1.05 bits per heavy atom. The predicted octanol–water partition coefficient (Wildman–Crippen LogP) is 6.01. The number of anilines is 1. The van der Waals surface area contributed by atoms with Crippen LogP contribution < -0.4 is 14.8 Å². The van der Waals surface area contributed by atoms with Crippen molar-refractivity contribution in [2.45, 2.75) is 25.5 Å². The Hall–Kier alpha value is -4.09. The summed E-state index contributed by atoms with van der Waals surface area (Å²) in [4.78, 5) is 25.8. The normalized spacial score (nSPS) is 10.7. The van der Waals surface area contributed by atoms with E-state index in [2.05, 4.69) is 22.1 Å². The molecule has 4 rings (SSSR count). The van der Waals surface area contributed by atoms with E-state index in [-0.39, 0.29) is 11.7 Å². The Morgan fingerprint density at radius 2 is 1.82 bits per heavy atom. The maximum Gasteiger partial charge on any atom is 0.341 e. The van der Waals surface area contributed by atoms with Crippen LogP contribution in [-0.2, 0) is 16.1 Å². The summed E-state index contributed by atoms with van der Waals surface area (Å²) < 4.78 is 17.7. The monoisotopic (exact) mass is 578 g/mol. The van der Waals surface area contributed by atoms with Crippen LogP contribution in [0, 0.1) is 13.8 Å². The van der Waals surface area contributed by atoms with Gasteiger partial charge in [0.25, 0.3) is 0 Å². The van der Waals surface area contributed by atoms with Gasteiger partial charge in [0.2, 0.25) is 5.91 Å². The lowest BCUT2D eigenvalue weighted by molar-refractivity contribution is -0.113. The van der Waals surface area contributed by atoms with Crippen LogP contribution in [0.5, 0.6) is 11.5 Å². The minimum absolute atomic E-state index is 0.0541. The van der Waals surface area contributed by atoms with Gasteiger partial charge in [0.05, 0.1) is 27.1 Å². The zero-order chi connectivity index (χ0) is 28.8. The highest BCUT2D eigenvalue weighted by Gasteiger charge is 2.24. The standard InChI is InChI=1S/C29H30N4O5S2/c1-7-12-33-26(19-10-11-22(36-4)23(14-19)37-5)31-32-29(33)40-16-24(34)30-27-25(28(35)38-6)21(15-39-27)20-13-17(2)8-9-18(20)3/h7-11,13-15H,1,12,16H2,2-6H3,(H,30,34). The highest BCUT2D eigenvalue weighted by Crippen LogP contribution is 2.38. The third-order valence-electron chi connectivity index (χ3n) is 6.12. The van der Waals surface area contributed by atoms with Crippen molar-refractivity contribution < 1.29 is 23.8 Å². The first-order valence-corrected chi connectivity index (χ1v) is 14.1. The predicted molar refractivity (Wildman–Crippen MR) is 159 cm³/mol. The number of benzene rings is 2. The van der Waals surface area contributed by atoms with Crippen molar-refractivity contribution in [2.75, 3.05) is 32.4 Å². The van der Waals surface area contributed by atoms with Crippen LogP contribution in [0.25, 0.3) is 22.5 Å². The van der Waals surface area contributed by atoms with Crippen molar-refractivity contribution in [1.29, 1.82) is 0 Å². The summed E-state index contributed by atoms with van der Waals surface area (Å²) in [5, 5.41) is 14.4. The van der Waals surface area contributed by atoms with Gasteiger partial charge in [-0.05, 0) is 43.2 Å². The van der Waals surface area contributed by atoms with Crippen LogP contribution in [0.3, 0.4) is 0 Å². The second-order valence-corrected chi connectivity index (χ2v) is 10.6. The summed E-state index contributed by atoms with van der Waals surface area (Å²) in [6.07, 6.45) is 1.74. The van der Waals surface area contributed by atoms with E-state index in [9.17, 15) is 9.59 Å². The number of allylic oxidation sites excluding steroid dienone is 1. The molecule has 0 bridgehead atoms. The Labute approximate surface area is 241 Å². The van der Waals surface area contributed by atoms with E-state index in [1.54, 1.807) is 26.4 Å². The number of aromatic nitrogens is 3. The van der Waals surface area contributed by atoms with Crippen molar-refractivity contribution in [3.63, 3.8) is 0 Å². The smallest absolute Gasteiger partial charge is 0.341 e. The molecule has 2 aromatic carbocycles. The van der Waals surface area contributed by atoms with E-state index in [1.165, 1.54) is 30.2 Å². The second-order valence-electron chi connectivity index (χ2n) is 8.78. The zero-order valence-electron chi connectivity index (χ0n) is 22.9. The van der Waals surface area contributed by atoms with Gasteiger partial charge >= 0.3 is 5.97 Å². The fourth-order valence-corrected chi connectivity index (χ4v) is 5.86. The fourth-order valence-electron chi connectivity index (χ4n) is 4.15. The highest BCUT2D eigenvalue weighted by atomic mass is 32.2. The molecular weight excluding hydrogens is 548 g/mol. The molecule has 2 heterocycles. The summed E-state index contributed by atoms with van der Waals surface area (Å²) in [6.45, 7) is 8.27. The molecule has 0 aliphatic carbocycles. The van der Waals surface area contributed by atoms with Gasteiger partial charge in [0, 0.05) is 23.1 Å². The summed E-state index contributed by atoms with van der Waals surface area (Å²) in [7, 11) is 4.48. The van der Waals surface area contributed by atoms with Crippen molar-refractivity contribution in [3.8, 4) is 34.0 Å². The number of ether oxygens (including phenoxy) is 3. The van der Waals surface area contributed by atoms with E-state index in [0.29, 0.717) is 39.6 Å². The molecule has 1 amide bonds. The zero-order valence-corrected chi connectivity index (χ0v) is 24.6. The maximum atomic E-state index is 13.0. The summed E-state index contributed by atoms with van der Waals surface area (Å²) in [5.74, 6) is 1.04. The van der Waals surface area contributed by atoms with E-state index < -0.39 is 5.97 Å². The van der Waals surface area contributed by atoms with Gasteiger partial charge in [-0.25, -0.2) is 4.79 Å². The van der Waals surface area contributed by atoms with Gasteiger partial charge in [-0.15, -0.1) is 28.1 Å². The number of thiophene rings is 1. The first-order chi connectivity index (χ1) is 19.3. The number of carbonyl (C=O) groups excluding carboxylic acids is 2. The number of thioether (sulfide) groups is 1. The lowest BCUT2D eigenvalue weighted by Crippen LogP contribution is -2.16. The number of hydrogen-bond acceptors (Lipinski definition) is 9. The van der Waals surface area contributed by atoms with Crippen LogP contribution >= 0.6 is 23.1 Å². The summed E-state index contributed by atoms with van der Waals surface area (Å²) in [5.41, 5.74) is 4.86. The number of amides is 1. The molecule has 2 aromatic heterocycles. The molecule has 11 heteroatoms. The van der Waals surface area contributed by atoms with Crippen LogP contribution in [0.15, 0.2) is 59.6 Å². The number of hydrogen-bond donors (Lipinski definition) is 1. The Morgan fingerprint density at radius 3 is 2.52 bits per heavy atom. The van der Waals surface area contributed by atoms with Gasteiger partial charge in [0.1, 0.15) is 10.6 Å². The molecule has 0 aliphatic heterocycles. The Bertz CT molecular complexity index is 1560. The molecule has 1 N–H and O–H groups in total. The first kappa shape index (κ1) is 28.9. The molecule has 0 aliphatic rings. The SMILES string of the molecule is C=CCn1c(SCC(=O)Nc2scc(-c3cc(C)ccc3C)c2C(=O)OC)nnc1-c1ccc(OC)c(OC)c1. The molecule has 0 radical (unpaired) electrons. The van der Waals surface area contributed by atoms with Crippen molar-refractivity contribution >= 4 is 40.0 Å². The number of nitrogens with zero attached hydrogens (tertiary/aromatic N) is 3. The number of esters is 1. The molecule has 0 saturated heterocycles. The van der Waals surface area contributed by atoms with Crippen LogP contribution in [0.2, 0.25) is 0 Å². The largest absolute Gasteiger partial charge is 0.493 e. The van der Waals surface area contributed by atoms with Gasteiger partial charge in [-0.1, -0.05) is 41.6 Å². The molecule has 40 heavy (non-hydrogen) atoms. The van der Waals surface area contributed by atoms with Crippen LogP contribution in [0.1, 0.15) is 21.5 Å².